The van der Waals surface area contributed by atoms with Gasteiger partial charge in [-0.3, -0.25) is 9.35 Å². The number of amides is 1. The summed E-state index contributed by atoms with van der Waals surface area (Å²) in [5, 5.41) is 1.55. The van der Waals surface area contributed by atoms with E-state index in [9.17, 15) is 39.6 Å². The lowest BCUT2D eigenvalue weighted by atomic mass is 10.0. The monoisotopic (exact) mass is 432 g/mol. The lowest BCUT2D eigenvalue weighted by Gasteiger charge is -2.38. The number of rotatable bonds is 10. The van der Waals surface area contributed by atoms with Crippen molar-refractivity contribution in [1.82, 2.24) is 10.2 Å². The highest BCUT2D eigenvalue weighted by Crippen LogP contribution is 2.46. The van der Waals surface area contributed by atoms with Crippen molar-refractivity contribution in [3.05, 3.63) is 0 Å². The van der Waals surface area contributed by atoms with Crippen molar-refractivity contribution in [2.45, 2.75) is 30.7 Å². The SMILES string of the molecule is CN(C)C(F)(F)C(F)(C(=O)NC[N+](C)(C)CCCCS(=O)(=O)O)C(F)(F)F. The smallest absolute Gasteiger partial charge is 0.311 e. The van der Waals surface area contributed by atoms with Crippen molar-refractivity contribution in [1.29, 1.82) is 0 Å². The molecule has 0 bridgehead atoms. The molecule has 0 saturated carbocycles. The summed E-state index contributed by atoms with van der Waals surface area (Å²) in [7, 11) is -0.346. The average Bonchev–Trinajstić information content (AvgIpc) is 2.46. The van der Waals surface area contributed by atoms with Gasteiger partial charge in [-0.1, -0.05) is 0 Å². The maximum Gasteiger partial charge on any atom is 0.439 e. The zero-order chi connectivity index (χ0) is 21.9. The Bertz CT molecular complexity index is 624. The van der Waals surface area contributed by atoms with Crippen LogP contribution >= 0.6 is 0 Å². The van der Waals surface area contributed by atoms with Crippen LogP contribution in [0.15, 0.2) is 0 Å². The van der Waals surface area contributed by atoms with Crippen LogP contribution in [0.2, 0.25) is 0 Å². The fraction of sp³-hybridized carbons (Fsp3) is 0.923. The highest BCUT2D eigenvalue weighted by molar-refractivity contribution is 7.85. The van der Waals surface area contributed by atoms with E-state index in [1.807, 2.05) is 0 Å². The molecular formula is C13H24F6N3O4S+. The fourth-order valence-electron chi connectivity index (χ4n) is 2.05. The van der Waals surface area contributed by atoms with Crippen molar-refractivity contribution in [2.75, 3.05) is 47.2 Å². The minimum Gasteiger partial charge on any atom is -0.311 e. The van der Waals surface area contributed by atoms with Crippen LogP contribution < -0.4 is 5.32 Å². The molecule has 0 aliphatic heterocycles. The minimum absolute atomic E-state index is 0.0305. The predicted octanol–water partition coefficient (Wildman–Crippen LogP) is 1.23. The van der Waals surface area contributed by atoms with E-state index in [1.165, 1.54) is 14.1 Å². The number of carbonyl (C=O) groups is 1. The number of nitrogens with zero attached hydrogens (tertiary/aromatic N) is 2. The van der Waals surface area contributed by atoms with E-state index < -0.39 is 46.3 Å². The first kappa shape index (κ1) is 25.9. The Morgan fingerprint density at radius 2 is 1.56 bits per heavy atom. The molecule has 2 N–H and O–H groups in total. The summed E-state index contributed by atoms with van der Waals surface area (Å²) >= 11 is 0. The highest BCUT2D eigenvalue weighted by atomic mass is 32.2. The largest absolute Gasteiger partial charge is 0.439 e. The number of nitrogens with one attached hydrogen (secondary N) is 1. The van der Waals surface area contributed by atoms with Crippen LogP contribution in [0.25, 0.3) is 0 Å². The third-order valence-corrected chi connectivity index (χ3v) is 4.57. The van der Waals surface area contributed by atoms with Crippen molar-refractivity contribution >= 4 is 16.0 Å². The molecule has 0 radical (unpaired) electrons. The third kappa shape index (κ3) is 6.76. The van der Waals surface area contributed by atoms with Crippen molar-refractivity contribution in [3.8, 4) is 0 Å². The molecule has 0 aromatic carbocycles. The normalized spacial score (nSPS) is 16.3. The molecule has 1 amide bonds. The van der Waals surface area contributed by atoms with Crippen molar-refractivity contribution in [3.63, 3.8) is 0 Å². The number of hydrogen-bond donors (Lipinski definition) is 2. The molecule has 0 saturated heterocycles. The molecule has 0 aliphatic carbocycles. The third-order valence-electron chi connectivity index (χ3n) is 3.76. The van der Waals surface area contributed by atoms with Crippen LogP contribution in [-0.4, -0.2) is 93.3 Å². The Kier molecular flexibility index (Phi) is 8.14. The van der Waals surface area contributed by atoms with Crippen LogP contribution in [-0.2, 0) is 14.9 Å². The van der Waals surface area contributed by atoms with E-state index in [2.05, 4.69) is 0 Å². The van der Waals surface area contributed by atoms with Crippen molar-refractivity contribution in [2.24, 2.45) is 0 Å². The second kappa shape index (κ2) is 8.49. The zero-order valence-electron chi connectivity index (χ0n) is 15.3. The van der Waals surface area contributed by atoms with Gasteiger partial charge in [-0.15, -0.1) is 0 Å². The second-order valence-electron chi connectivity index (χ2n) is 6.91. The van der Waals surface area contributed by atoms with E-state index in [-0.39, 0.29) is 28.8 Å². The molecule has 1 atom stereocenters. The summed E-state index contributed by atoms with van der Waals surface area (Å²) in [5.41, 5.74) is -5.46. The van der Waals surface area contributed by atoms with E-state index in [1.54, 1.807) is 5.32 Å². The molecule has 0 aromatic heterocycles. The summed E-state index contributed by atoms with van der Waals surface area (Å²) in [6.07, 6.45) is -5.95. The number of unbranched alkanes of at least 4 members (excludes halogenated alkanes) is 1. The molecule has 1 unspecified atom stereocenters. The zero-order valence-corrected chi connectivity index (χ0v) is 16.1. The second-order valence-corrected chi connectivity index (χ2v) is 8.48. The van der Waals surface area contributed by atoms with Gasteiger partial charge in [0.05, 0.1) is 26.4 Å². The Balaban J connectivity index is 5.11. The first-order valence-corrected chi connectivity index (χ1v) is 9.25. The van der Waals surface area contributed by atoms with Gasteiger partial charge in [0.2, 0.25) is 0 Å². The topological polar surface area (TPSA) is 86.7 Å². The molecule has 7 nitrogen and oxygen atoms in total. The first-order chi connectivity index (χ1) is 11.8. The maximum atomic E-state index is 14.3. The van der Waals surface area contributed by atoms with Gasteiger partial charge in [-0.05, 0) is 26.9 Å². The summed E-state index contributed by atoms with van der Waals surface area (Å²) < 4.78 is 110. The molecule has 0 rings (SSSR count). The molecule has 0 fully saturated rings. The molecule has 0 aromatic rings. The van der Waals surface area contributed by atoms with E-state index >= 15 is 0 Å². The van der Waals surface area contributed by atoms with E-state index in [0.29, 0.717) is 14.1 Å². The van der Waals surface area contributed by atoms with Gasteiger partial charge in [0.15, 0.2) is 6.67 Å². The summed E-state index contributed by atoms with van der Waals surface area (Å²) in [4.78, 5) is 11.4. The summed E-state index contributed by atoms with van der Waals surface area (Å²) in [6, 6.07) is -5.15. The minimum atomic E-state index is -6.17. The van der Waals surface area contributed by atoms with Crippen molar-refractivity contribution < 1.29 is 48.6 Å². The molecule has 0 heterocycles. The van der Waals surface area contributed by atoms with Crippen LogP contribution in [0.3, 0.4) is 0 Å². The standard InChI is InChI=1S/C13H23F6N3O4S/c1-21(2)13(18,19)11(14,12(15,16)17)10(23)20-9-22(3,4)7-5-6-8-27(24,25)26/h5-9H2,1-4H3,(H-,20,23,24,25,26)/p+1. The Morgan fingerprint density at radius 3 is 1.93 bits per heavy atom. The van der Waals surface area contributed by atoms with E-state index in [4.69, 9.17) is 4.55 Å². The highest BCUT2D eigenvalue weighted by Gasteiger charge is 2.77. The van der Waals surface area contributed by atoms with Gasteiger partial charge < -0.3 is 9.80 Å². The predicted molar refractivity (Wildman–Crippen MR) is 84.2 cm³/mol. The Hall–Kier alpha value is -1.12. The molecule has 27 heavy (non-hydrogen) atoms. The first-order valence-electron chi connectivity index (χ1n) is 7.64. The van der Waals surface area contributed by atoms with Gasteiger partial charge >= 0.3 is 17.9 Å². The average molecular weight is 432 g/mol. The van der Waals surface area contributed by atoms with Crippen LogP contribution in [0.5, 0.6) is 0 Å². The lowest BCUT2D eigenvalue weighted by molar-refractivity contribution is -0.892. The van der Waals surface area contributed by atoms with Gasteiger partial charge in [-0.2, -0.15) is 30.4 Å². The quantitative estimate of drug-likeness (QED) is 0.135. The number of halogens is 6. The molecule has 0 spiro atoms. The maximum absolute atomic E-state index is 14.3. The summed E-state index contributed by atoms with van der Waals surface area (Å²) in [6.45, 7) is -0.499. The molecule has 162 valence electrons. The Morgan fingerprint density at radius 1 is 1.07 bits per heavy atom. The van der Waals surface area contributed by atoms with Gasteiger partial charge in [0.25, 0.3) is 16.0 Å². The molecule has 14 heteroatoms. The Labute approximate surface area is 153 Å². The molecule has 0 aliphatic rings. The number of hydrogen-bond acceptors (Lipinski definition) is 4. The fourth-order valence-corrected chi connectivity index (χ4v) is 2.62. The van der Waals surface area contributed by atoms with Gasteiger partial charge in [0.1, 0.15) is 0 Å². The van der Waals surface area contributed by atoms with E-state index in [0.717, 1.165) is 0 Å². The van der Waals surface area contributed by atoms with Gasteiger partial charge in [0, 0.05) is 0 Å². The van der Waals surface area contributed by atoms with Crippen LogP contribution in [0.4, 0.5) is 26.3 Å². The van der Waals surface area contributed by atoms with Crippen LogP contribution in [0, 0.1) is 0 Å². The van der Waals surface area contributed by atoms with Gasteiger partial charge in [-0.25, -0.2) is 9.29 Å². The van der Waals surface area contributed by atoms with Crippen LogP contribution in [0.1, 0.15) is 12.8 Å². The lowest BCUT2D eigenvalue weighted by Crippen LogP contribution is -2.69. The number of carbonyl (C=O) groups excluding carboxylic acids is 1. The number of quaternary nitrogens is 1. The molecular weight excluding hydrogens is 408 g/mol. The summed E-state index contributed by atoms with van der Waals surface area (Å²) in [5.74, 6) is -3.06. The number of alkyl halides is 6.